The Hall–Kier alpha value is -2.49. The van der Waals surface area contributed by atoms with Crippen molar-refractivity contribution in [3.63, 3.8) is 0 Å². The Labute approximate surface area is 175 Å². The van der Waals surface area contributed by atoms with Gasteiger partial charge in [0.25, 0.3) is 5.91 Å². The summed E-state index contributed by atoms with van der Waals surface area (Å²) in [6.07, 6.45) is -0.0410. The highest BCUT2D eigenvalue weighted by atomic mass is 32.2. The van der Waals surface area contributed by atoms with E-state index in [-0.39, 0.29) is 24.4 Å². The number of rotatable bonds is 7. The normalized spacial score (nSPS) is 20.0. The molecule has 30 heavy (non-hydrogen) atoms. The molecule has 0 spiro atoms. The topological polar surface area (TPSA) is 116 Å². The van der Waals surface area contributed by atoms with Crippen molar-refractivity contribution in [1.82, 2.24) is 4.31 Å². The molecular weight excluding hydrogens is 409 g/mol. The summed E-state index contributed by atoms with van der Waals surface area (Å²) in [6, 6.07) is 11.5. The molecular formula is C21H26FN3O4S. The van der Waals surface area contributed by atoms with Crippen molar-refractivity contribution in [2.45, 2.75) is 37.7 Å². The maximum absolute atomic E-state index is 14.7. The quantitative estimate of drug-likeness (QED) is 0.649. The van der Waals surface area contributed by atoms with E-state index in [1.54, 1.807) is 19.1 Å². The Bertz CT molecular complexity index is 1010. The highest BCUT2D eigenvalue weighted by Gasteiger charge is 2.37. The Morgan fingerprint density at radius 3 is 2.63 bits per heavy atom. The molecule has 1 heterocycles. The zero-order chi connectivity index (χ0) is 21.9. The van der Waals surface area contributed by atoms with Gasteiger partial charge in [-0.3, -0.25) is 4.79 Å². The van der Waals surface area contributed by atoms with Gasteiger partial charge in [0.2, 0.25) is 10.0 Å². The van der Waals surface area contributed by atoms with Gasteiger partial charge >= 0.3 is 0 Å². The zero-order valence-electron chi connectivity index (χ0n) is 16.8. The molecule has 0 radical (unpaired) electrons. The molecule has 9 heteroatoms. The number of carbonyl (C=O) groups excluding carboxylic acids is 1. The molecule has 1 amide bonds. The third kappa shape index (κ3) is 4.48. The summed E-state index contributed by atoms with van der Waals surface area (Å²) < 4.78 is 47.7. The van der Waals surface area contributed by atoms with Crippen LogP contribution in [-0.2, 0) is 26.1 Å². The molecule has 2 atom stereocenters. The molecule has 0 unspecified atom stereocenters. The lowest BCUT2D eigenvalue weighted by Crippen LogP contribution is -2.39. The SMILES string of the molecule is CCO[C@@H](C(N)=O)c1cc(N)c(CN2CCC[C@H](c3ccccc3)S2(=O)=O)cc1F. The van der Waals surface area contributed by atoms with Crippen LogP contribution in [-0.4, -0.2) is 31.8 Å². The molecule has 4 N–H and O–H groups in total. The van der Waals surface area contributed by atoms with Crippen molar-refractivity contribution >= 4 is 21.6 Å². The Morgan fingerprint density at radius 1 is 1.30 bits per heavy atom. The van der Waals surface area contributed by atoms with E-state index < -0.39 is 33.1 Å². The van der Waals surface area contributed by atoms with Gasteiger partial charge in [0, 0.05) is 30.9 Å². The summed E-state index contributed by atoms with van der Waals surface area (Å²) in [4.78, 5) is 11.6. The Morgan fingerprint density at radius 2 is 2.00 bits per heavy atom. The molecule has 0 aromatic heterocycles. The molecule has 0 aliphatic carbocycles. The highest BCUT2D eigenvalue weighted by molar-refractivity contribution is 7.89. The molecule has 162 valence electrons. The summed E-state index contributed by atoms with van der Waals surface area (Å²) in [5, 5.41) is -0.644. The molecule has 7 nitrogen and oxygen atoms in total. The van der Waals surface area contributed by atoms with E-state index in [0.717, 1.165) is 11.6 Å². The minimum Gasteiger partial charge on any atom is -0.398 e. The molecule has 2 aromatic rings. The van der Waals surface area contributed by atoms with Crippen molar-refractivity contribution in [1.29, 1.82) is 0 Å². The fourth-order valence-corrected chi connectivity index (χ4v) is 5.78. The van der Waals surface area contributed by atoms with E-state index in [9.17, 15) is 17.6 Å². The number of nitrogens with two attached hydrogens (primary N) is 2. The first-order valence-corrected chi connectivity index (χ1v) is 11.3. The van der Waals surface area contributed by atoms with E-state index in [2.05, 4.69) is 0 Å². The van der Waals surface area contributed by atoms with Gasteiger partial charge in [-0.05, 0) is 43.0 Å². The van der Waals surface area contributed by atoms with Crippen LogP contribution in [0.5, 0.6) is 0 Å². The van der Waals surface area contributed by atoms with E-state index in [1.807, 2.05) is 18.2 Å². The van der Waals surface area contributed by atoms with Gasteiger partial charge < -0.3 is 16.2 Å². The van der Waals surface area contributed by atoms with Crippen LogP contribution in [0.25, 0.3) is 0 Å². The zero-order valence-corrected chi connectivity index (χ0v) is 17.6. The van der Waals surface area contributed by atoms with Gasteiger partial charge in [0.05, 0.1) is 0 Å². The molecule has 0 saturated carbocycles. The van der Waals surface area contributed by atoms with Crippen LogP contribution in [0.3, 0.4) is 0 Å². The van der Waals surface area contributed by atoms with E-state index in [4.69, 9.17) is 16.2 Å². The van der Waals surface area contributed by atoms with Crippen LogP contribution in [0, 0.1) is 5.82 Å². The standard InChI is InChI=1S/C21H26FN3O4S/c1-2-29-20(21(24)26)16-12-18(23)15(11-17(16)22)13-25-10-6-9-19(30(25,27)28)14-7-4-3-5-8-14/h3-5,7-8,11-12,19-20H,2,6,9-10,13,23H2,1H3,(H2,24,26)/t19-,20-/m1/s1. The molecule has 3 rings (SSSR count). The van der Waals surface area contributed by atoms with Crippen LogP contribution < -0.4 is 11.5 Å². The third-order valence-electron chi connectivity index (χ3n) is 5.24. The smallest absolute Gasteiger partial charge is 0.251 e. The number of amides is 1. The van der Waals surface area contributed by atoms with Crippen molar-refractivity contribution < 1.29 is 22.3 Å². The number of benzene rings is 2. The predicted molar refractivity (Wildman–Crippen MR) is 112 cm³/mol. The van der Waals surface area contributed by atoms with Crippen molar-refractivity contribution in [2.75, 3.05) is 18.9 Å². The van der Waals surface area contributed by atoms with Gasteiger partial charge in [-0.2, -0.15) is 4.31 Å². The number of primary amides is 1. The summed E-state index contributed by atoms with van der Waals surface area (Å²) in [6.45, 7) is 2.11. The second-order valence-corrected chi connectivity index (χ2v) is 9.35. The van der Waals surface area contributed by atoms with Crippen molar-refractivity contribution in [3.05, 3.63) is 65.0 Å². The number of nitrogens with zero attached hydrogens (tertiary/aromatic N) is 1. The molecule has 1 saturated heterocycles. The molecule has 0 bridgehead atoms. The van der Waals surface area contributed by atoms with Gasteiger partial charge in [-0.1, -0.05) is 30.3 Å². The van der Waals surface area contributed by atoms with E-state index in [1.165, 1.54) is 10.4 Å². The van der Waals surface area contributed by atoms with E-state index in [0.29, 0.717) is 24.9 Å². The fourth-order valence-electron chi connectivity index (χ4n) is 3.75. The molecule has 1 fully saturated rings. The van der Waals surface area contributed by atoms with Crippen LogP contribution in [0.4, 0.5) is 10.1 Å². The first-order chi connectivity index (χ1) is 14.3. The van der Waals surface area contributed by atoms with Crippen molar-refractivity contribution in [3.8, 4) is 0 Å². The average Bonchev–Trinajstić information content (AvgIpc) is 2.70. The third-order valence-corrected chi connectivity index (χ3v) is 7.50. The number of ether oxygens (including phenoxy) is 1. The number of anilines is 1. The Balaban J connectivity index is 1.88. The number of carbonyl (C=O) groups is 1. The lowest BCUT2D eigenvalue weighted by Gasteiger charge is -2.33. The predicted octanol–water partition coefficient (Wildman–Crippen LogP) is 2.64. The van der Waals surface area contributed by atoms with Gasteiger partial charge in [0.1, 0.15) is 11.1 Å². The summed E-state index contributed by atoms with van der Waals surface area (Å²) in [5.74, 6) is -1.54. The van der Waals surface area contributed by atoms with Crippen LogP contribution in [0.1, 0.15) is 47.8 Å². The Kier molecular flexibility index (Phi) is 6.74. The van der Waals surface area contributed by atoms with Crippen molar-refractivity contribution in [2.24, 2.45) is 5.73 Å². The summed E-state index contributed by atoms with van der Waals surface area (Å²) >= 11 is 0. The molecule has 1 aliphatic rings. The number of halogens is 1. The monoisotopic (exact) mass is 435 g/mol. The summed E-state index contributed by atoms with van der Waals surface area (Å²) in [7, 11) is -3.64. The maximum atomic E-state index is 14.7. The number of hydrogen-bond donors (Lipinski definition) is 2. The highest BCUT2D eigenvalue weighted by Crippen LogP contribution is 2.36. The average molecular weight is 436 g/mol. The second-order valence-electron chi connectivity index (χ2n) is 7.23. The number of sulfonamides is 1. The van der Waals surface area contributed by atoms with Gasteiger partial charge in [0.15, 0.2) is 6.10 Å². The number of nitrogen functional groups attached to an aromatic ring is 1. The largest absolute Gasteiger partial charge is 0.398 e. The maximum Gasteiger partial charge on any atom is 0.251 e. The lowest BCUT2D eigenvalue weighted by atomic mass is 10.0. The van der Waals surface area contributed by atoms with E-state index >= 15 is 0 Å². The minimum absolute atomic E-state index is 0.0510. The first kappa shape index (κ1) is 22.2. The summed E-state index contributed by atoms with van der Waals surface area (Å²) in [5.41, 5.74) is 12.6. The van der Waals surface area contributed by atoms with Gasteiger partial charge in [-0.15, -0.1) is 0 Å². The van der Waals surface area contributed by atoms with Crippen LogP contribution >= 0.6 is 0 Å². The second kappa shape index (κ2) is 9.11. The number of hydrogen-bond acceptors (Lipinski definition) is 5. The van der Waals surface area contributed by atoms with Gasteiger partial charge in [-0.25, -0.2) is 12.8 Å². The lowest BCUT2D eigenvalue weighted by molar-refractivity contribution is -0.129. The minimum atomic E-state index is -3.64. The van der Waals surface area contributed by atoms with Crippen LogP contribution in [0.2, 0.25) is 0 Å². The fraction of sp³-hybridized carbons (Fsp3) is 0.381. The molecule has 2 aromatic carbocycles. The van der Waals surface area contributed by atoms with Crippen LogP contribution in [0.15, 0.2) is 42.5 Å². The first-order valence-electron chi connectivity index (χ1n) is 9.78. The molecule has 1 aliphatic heterocycles.